The maximum Gasteiger partial charge on any atom is 0.419 e. The molecule has 1 atom stereocenters. The molecule has 0 aliphatic heterocycles. The predicted molar refractivity (Wildman–Crippen MR) is 65.1 cm³/mol. The minimum atomic E-state index is -4.94. The molecule has 4 nitrogen and oxygen atoms in total. The molecule has 0 aromatic heterocycles. The van der Waals surface area contributed by atoms with Gasteiger partial charge < -0.3 is 10.4 Å². The first kappa shape index (κ1) is 16.9. The van der Waals surface area contributed by atoms with E-state index >= 15 is 0 Å². The van der Waals surface area contributed by atoms with Crippen molar-refractivity contribution in [2.24, 2.45) is 5.92 Å². The molecule has 0 unspecified atom stereocenters. The molecule has 8 heteroatoms. The topological polar surface area (TPSA) is 66.4 Å². The third kappa shape index (κ3) is 3.93. The Labute approximate surface area is 117 Å². The van der Waals surface area contributed by atoms with Crippen molar-refractivity contribution >= 4 is 11.9 Å². The maximum absolute atomic E-state index is 13.7. The summed E-state index contributed by atoms with van der Waals surface area (Å²) in [6, 6.07) is 0.917. The number of aliphatic carboxylic acids is 1. The van der Waals surface area contributed by atoms with Gasteiger partial charge in [0.25, 0.3) is 5.91 Å². The van der Waals surface area contributed by atoms with Crippen LogP contribution >= 0.6 is 0 Å². The highest BCUT2D eigenvalue weighted by Crippen LogP contribution is 2.32. The minimum absolute atomic E-state index is 0.503. The molecule has 0 bridgehead atoms. The highest BCUT2D eigenvalue weighted by atomic mass is 19.4. The maximum atomic E-state index is 13.7. The number of amides is 1. The number of carbonyl (C=O) groups is 2. The van der Waals surface area contributed by atoms with Gasteiger partial charge in [-0.05, 0) is 18.1 Å². The van der Waals surface area contributed by atoms with Gasteiger partial charge in [0.15, 0.2) is 0 Å². The lowest BCUT2D eigenvalue weighted by molar-refractivity contribution is -0.141. The summed E-state index contributed by atoms with van der Waals surface area (Å²) < 4.78 is 51.4. The van der Waals surface area contributed by atoms with Crippen molar-refractivity contribution in [1.29, 1.82) is 0 Å². The van der Waals surface area contributed by atoms with Gasteiger partial charge in [-0.2, -0.15) is 13.2 Å². The van der Waals surface area contributed by atoms with Crippen molar-refractivity contribution in [1.82, 2.24) is 5.32 Å². The van der Waals surface area contributed by atoms with E-state index in [0.717, 1.165) is 12.1 Å². The van der Waals surface area contributed by atoms with Gasteiger partial charge in [-0.15, -0.1) is 0 Å². The van der Waals surface area contributed by atoms with Crippen molar-refractivity contribution in [2.75, 3.05) is 0 Å². The van der Waals surface area contributed by atoms with Crippen molar-refractivity contribution in [3.8, 4) is 0 Å². The van der Waals surface area contributed by atoms with Crippen LogP contribution in [0.3, 0.4) is 0 Å². The summed E-state index contributed by atoms with van der Waals surface area (Å²) in [5, 5.41) is 10.9. The molecule has 0 saturated heterocycles. The molecule has 0 aliphatic carbocycles. The molecule has 21 heavy (non-hydrogen) atoms. The molecule has 1 aromatic carbocycles. The summed E-state index contributed by atoms with van der Waals surface area (Å²) >= 11 is 0. The van der Waals surface area contributed by atoms with Gasteiger partial charge in [-0.3, -0.25) is 4.79 Å². The van der Waals surface area contributed by atoms with Crippen molar-refractivity contribution < 1.29 is 32.3 Å². The summed E-state index contributed by atoms with van der Waals surface area (Å²) in [5.74, 6) is -4.80. The van der Waals surface area contributed by atoms with E-state index in [1.807, 2.05) is 5.32 Å². The van der Waals surface area contributed by atoms with Crippen LogP contribution in [-0.4, -0.2) is 23.0 Å². The lowest BCUT2D eigenvalue weighted by Crippen LogP contribution is -2.44. The Morgan fingerprint density at radius 3 is 2.24 bits per heavy atom. The standard InChI is InChI=1S/C13H13F4NO3/c1-6(2)10(12(20)21)18-11(19)7-4-3-5-8(9(7)14)13(15,16)17/h3-6,10H,1-2H3,(H,18,19)(H,20,21)/t10-/m0/s1. The number of alkyl halides is 3. The molecule has 2 N–H and O–H groups in total. The molecule has 0 aliphatic rings. The zero-order chi connectivity index (χ0) is 16.4. The number of carboxylic acids is 1. The highest BCUT2D eigenvalue weighted by Gasteiger charge is 2.36. The number of carboxylic acid groups (broad SMARTS) is 1. The van der Waals surface area contributed by atoms with Gasteiger partial charge in [0, 0.05) is 0 Å². The molecule has 0 fully saturated rings. The summed E-state index contributed by atoms with van der Waals surface area (Å²) in [4.78, 5) is 22.7. The molecule has 1 rings (SSSR count). The second kappa shape index (κ2) is 6.11. The minimum Gasteiger partial charge on any atom is -0.480 e. The van der Waals surface area contributed by atoms with Crippen molar-refractivity contribution in [2.45, 2.75) is 26.1 Å². The van der Waals surface area contributed by atoms with Crippen molar-refractivity contribution in [3.05, 3.63) is 35.1 Å². The summed E-state index contributed by atoms with van der Waals surface area (Å²) in [6.07, 6.45) is -4.94. The number of hydrogen-bond acceptors (Lipinski definition) is 2. The Hall–Kier alpha value is -2.12. The molecule has 0 saturated carbocycles. The SMILES string of the molecule is CC(C)[C@H](NC(=O)c1cccc(C(F)(F)F)c1F)C(=O)O. The highest BCUT2D eigenvalue weighted by molar-refractivity contribution is 5.97. The lowest BCUT2D eigenvalue weighted by Gasteiger charge is -2.18. The summed E-state index contributed by atoms with van der Waals surface area (Å²) in [6.45, 7) is 3.00. The first-order chi connectivity index (χ1) is 9.55. The molecule has 1 aromatic rings. The normalized spacial score (nSPS) is 13.1. The Bertz CT molecular complexity index is 555. The molecule has 0 heterocycles. The molecule has 0 spiro atoms. The Balaban J connectivity index is 3.12. The van der Waals surface area contributed by atoms with Gasteiger partial charge in [0.05, 0.1) is 11.1 Å². The average molecular weight is 307 g/mol. The quantitative estimate of drug-likeness (QED) is 0.841. The van der Waals surface area contributed by atoms with Gasteiger partial charge in [-0.1, -0.05) is 19.9 Å². The summed E-state index contributed by atoms with van der Waals surface area (Å²) in [5.41, 5.74) is -2.43. The molecular weight excluding hydrogens is 294 g/mol. The van der Waals surface area contributed by atoms with Crippen molar-refractivity contribution in [3.63, 3.8) is 0 Å². The van der Waals surface area contributed by atoms with Crippen LogP contribution in [0, 0.1) is 11.7 Å². The molecule has 1 amide bonds. The fraction of sp³-hybridized carbons (Fsp3) is 0.385. The van der Waals surface area contributed by atoms with Gasteiger partial charge in [-0.25, -0.2) is 9.18 Å². The van der Waals surface area contributed by atoms with Crippen LogP contribution < -0.4 is 5.32 Å². The van der Waals surface area contributed by atoms with Crippen LogP contribution in [0.15, 0.2) is 18.2 Å². The van der Waals surface area contributed by atoms with E-state index in [4.69, 9.17) is 5.11 Å². The first-order valence-electron chi connectivity index (χ1n) is 5.95. The number of nitrogens with one attached hydrogen (secondary N) is 1. The van der Waals surface area contributed by atoms with Crippen LogP contribution in [-0.2, 0) is 11.0 Å². The second-order valence-electron chi connectivity index (χ2n) is 4.70. The molecule has 0 radical (unpaired) electrons. The lowest BCUT2D eigenvalue weighted by atomic mass is 10.0. The van der Waals surface area contributed by atoms with E-state index in [-0.39, 0.29) is 0 Å². The number of carbonyl (C=O) groups excluding carboxylic acids is 1. The molecule has 116 valence electrons. The van der Waals surface area contributed by atoms with E-state index < -0.39 is 47.0 Å². The Kier molecular flexibility index (Phi) is 4.93. The Morgan fingerprint density at radius 2 is 1.81 bits per heavy atom. The van der Waals surface area contributed by atoms with Crippen LogP contribution in [0.5, 0.6) is 0 Å². The van der Waals surface area contributed by atoms with Crippen LogP contribution in [0.4, 0.5) is 17.6 Å². The fourth-order valence-corrected chi connectivity index (χ4v) is 1.66. The number of hydrogen-bond donors (Lipinski definition) is 2. The monoisotopic (exact) mass is 307 g/mol. The number of halogens is 4. The Morgan fingerprint density at radius 1 is 1.24 bits per heavy atom. The van der Waals surface area contributed by atoms with Crippen LogP contribution in [0.25, 0.3) is 0 Å². The van der Waals surface area contributed by atoms with Gasteiger partial charge in [0.2, 0.25) is 0 Å². The van der Waals surface area contributed by atoms with Gasteiger partial charge in [0.1, 0.15) is 11.9 Å². The molecular formula is C13H13F4NO3. The zero-order valence-corrected chi connectivity index (χ0v) is 11.2. The zero-order valence-electron chi connectivity index (χ0n) is 11.2. The van der Waals surface area contributed by atoms with E-state index in [9.17, 15) is 27.2 Å². The van der Waals surface area contributed by atoms with Crippen LogP contribution in [0.2, 0.25) is 0 Å². The van der Waals surface area contributed by atoms with Crippen LogP contribution in [0.1, 0.15) is 29.8 Å². The first-order valence-corrected chi connectivity index (χ1v) is 5.95. The largest absolute Gasteiger partial charge is 0.480 e. The fourth-order valence-electron chi connectivity index (χ4n) is 1.66. The smallest absolute Gasteiger partial charge is 0.419 e. The van der Waals surface area contributed by atoms with E-state index in [0.29, 0.717) is 6.07 Å². The third-order valence-corrected chi connectivity index (χ3v) is 2.77. The van der Waals surface area contributed by atoms with E-state index in [2.05, 4.69) is 0 Å². The van der Waals surface area contributed by atoms with E-state index in [1.165, 1.54) is 13.8 Å². The number of benzene rings is 1. The predicted octanol–water partition coefficient (Wildman–Crippen LogP) is 2.68. The number of rotatable bonds is 4. The third-order valence-electron chi connectivity index (χ3n) is 2.77. The summed E-state index contributed by atoms with van der Waals surface area (Å²) in [7, 11) is 0. The average Bonchev–Trinajstić information content (AvgIpc) is 2.33. The second-order valence-corrected chi connectivity index (χ2v) is 4.70. The van der Waals surface area contributed by atoms with Gasteiger partial charge >= 0.3 is 12.1 Å². The van der Waals surface area contributed by atoms with E-state index in [1.54, 1.807) is 0 Å².